The fraction of sp³-hybridized carbons (Fsp3) is 0.583. The van der Waals surface area contributed by atoms with Gasteiger partial charge in [0.2, 0.25) is 0 Å². The third-order valence-corrected chi connectivity index (χ3v) is 3.56. The Hall–Kier alpha value is -1.30. The van der Waals surface area contributed by atoms with Crippen LogP contribution in [0.3, 0.4) is 0 Å². The van der Waals surface area contributed by atoms with E-state index in [0.717, 1.165) is 18.0 Å². The number of amidine groups is 1. The van der Waals surface area contributed by atoms with Crippen LogP contribution in [0.5, 0.6) is 0 Å². The van der Waals surface area contributed by atoms with E-state index in [1.54, 1.807) is 6.20 Å². The molecule has 6 heteroatoms. The Morgan fingerprint density at radius 1 is 1.61 bits per heavy atom. The van der Waals surface area contributed by atoms with Gasteiger partial charge in [0, 0.05) is 19.3 Å². The molecule has 5 nitrogen and oxygen atoms in total. The van der Waals surface area contributed by atoms with E-state index in [2.05, 4.69) is 28.0 Å². The summed E-state index contributed by atoms with van der Waals surface area (Å²) in [5.74, 6) is 2.54. The Bertz CT molecular complexity index is 421. The summed E-state index contributed by atoms with van der Waals surface area (Å²) in [4.78, 5) is 10.6. The van der Waals surface area contributed by atoms with Crippen molar-refractivity contribution in [3.05, 3.63) is 17.6 Å². The fourth-order valence-corrected chi connectivity index (χ4v) is 2.18. The number of nitrogens with zero attached hydrogens (tertiary/aromatic N) is 3. The van der Waals surface area contributed by atoms with E-state index < -0.39 is 0 Å². The lowest BCUT2D eigenvalue weighted by Gasteiger charge is -2.27. The van der Waals surface area contributed by atoms with Crippen LogP contribution in [0.25, 0.3) is 0 Å². The lowest BCUT2D eigenvalue weighted by molar-refractivity contribution is 0.659. The van der Waals surface area contributed by atoms with Gasteiger partial charge in [0.25, 0.3) is 0 Å². The van der Waals surface area contributed by atoms with Crippen molar-refractivity contribution < 1.29 is 0 Å². The Labute approximate surface area is 113 Å². The van der Waals surface area contributed by atoms with Gasteiger partial charge >= 0.3 is 0 Å². The van der Waals surface area contributed by atoms with Crippen LogP contribution in [0.4, 0.5) is 5.82 Å². The molecule has 0 aromatic carbocycles. The largest absolute Gasteiger partial charge is 0.384 e. The minimum atomic E-state index is 0.00826. The topological polar surface area (TPSA) is 78.9 Å². The van der Waals surface area contributed by atoms with Crippen molar-refractivity contribution in [3.63, 3.8) is 0 Å². The zero-order chi connectivity index (χ0) is 13.7. The second kappa shape index (κ2) is 6.58. The molecular formula is C12H21N5S. The highest BCUT2D eigenvalue weighted by Gasteiger charge is 2.17. The van der Waals surface area contributed by atoms with Crippen LogP contribution in [0.15, 0.2) is 6.20 Å². The van der Waals surface area contributed by atoms with Crippen LogP contribution in [0.2, 0.25) is 0 Å². The third kappa shape index (κ3) is 3.60. The Balaban J connectivity index is 2.99. The van der Waals surface area contributed by atoms with Crippen LogP contribution in [0, 0.1) is 12.3 Å². The summed E-state index contributed by atoms with van der Waals surface area (Å²) in [6.45, 7) is 3.99. The van der Waals surface area contributed by atoms with E-state index >= 15 is 0 Å². The molecule has 3 N–H and O–H groups in total. The fourth-order valence-electron chi connectivity index (χ4n) is 1.61. The van der Waals surface area contributed by atoms with E-state index in [4.69, 9.17) is 11.1 Å². The first-order valence-electron chi connectivity index (χ1n) is 5.87. The Morgan fingerprint density at radius 2 is 2.28 bits per heavy atom. The highest BCUT2D eigenvalue weighted by atomic mass is 32.2. The van der Waals surface area contributed by atoms with Crippen molar-refractivity contribution in [2.45, 2.75) is 26.3 Å². The van der Waals surface area contributed by atoms with Crippen LogP contribution in [-0.2, 0) is 0 Å². The molecule has 0 radical (unpaired) electrons. The summed E-state index contributed by atoms with van der Waals surface area (Å²) >= 11 is 1.83. The molecule has 18 heavy (non-hydrogen) atoms. The van der Waals surface area contributed by atoms with Gasteiger partial charge in [-0.05, 0) is 32.3 Å². The molecule has 1 unspecified atom stereocenters. The van der Waals surface area contributed by atoms with E-state index in [0.29, 0.717) is 17.4 Å². The van der Waals surface area contributed by atoms with Gasteiger partial charge in [-0.3, -0.25) is 5.41 Å². The summed E-state index contributed by atoms with van der Waals surface area (Å²) in [6.07, 6.45) is 4.79. The normalized spacial score (nSPS) is 12.2. The van der Waals surface area contributed by atoms with Crippen molar-refractivity contribution in [2.75, 3.05) is 24.0 Å². The number of nitrogens with one attached hydrogen (secondary N) is 1. The van der Waals surface area contributed by atoms with Gasteiger partial charge in [0.05, 0.1) is 5.56 Å². The van der Waals surface area contributed by atoms with E-state index in [9.17, 15) is 0 Å². The number of anilines is 1. The molecule has 0 bridgehead atoms. The number of thioether (sulfide) groups is 1. The van der Waals surface area contributed by atoms with Crippen molar-refractivity contribution >= 4 is 23.4 Å². The first-order chi connectivity index (χ1) is 8.47. The second-order valence-electron chi connectivity index (χ2n) is 4.31. The van der Waals surface area contributed by atoms with E-state index in [1.165, 1.54) is 0 Å². The molecule has 1 atom stereocenters. The van der Waals surface area contributed by atoms with Gasteiger partial charge in [-0.1, -0.05) is 0 Å². The first-order valence-corrected chi connectivity index (χ1v) is 7.26. The summed E-state index contributed by atoms with van der Waals surface area (Å²) in [5.41, 5.74) is 6.17. The Morgan fingerprint density at radius 3 is 2.83 bits per heavy atom. The first kappa shape index (κ1) is 14.8. The van der Waals surface area contributed by atoms with E-state index in [-0.39, 0.29) is 5.84 Å². The minimum absolute atomic E-state index is 0.00826. The molecule has 0 amide bonds. The molecule has 0 saturated heterocycles. The van der Waals surface area contributed by atoms with Crippen LogP contribution >= 0.6 is 11.8 Å². The molecule has 0 saturated carbocycles. The molecule has 0 aliphatic heterocycles. The molecular weight excluding hydrogens is 246 g/mol. The highest BCUT2D eigenvalue weighted by Crippen LogP contribution is 2.19. The standard InChI is InChI=1S/C12H21N5S/c1-8(5-6-18-4)17(3)12-10(11(13)14)7-15-9(2)16-12/h7-8H,5-6H2,1-4H3,(H3,13,14). The average molecular weight is 267 g/mol. The number of rotatable bonds is 6. The van der Waals surface area contributed by atoms with Crippen molar-refractivity contribution in [1.29, 1.82) is 5.41 Å². The molecule has 1 aromatic rings. The summed E-state index contributed by atoms with van der Waals surface area (Å²) in [6, 6.07) is 0.352. The molecule has 0 spiro atoms. The maximum absolute atomic E-state index is 7.59. The monoisotopic (exact) mass is 267 g/mol. The van der Waals surface area contributed by atoms with Gasteiger partial charge in [-0.15, -0.1) is 0 Å². The van der Waals surface area contributed by atoms with Crippen molar-refractivity contribution in [1.82, 2.24) is 9.97 Å². The van der Waals surface area contributed by atoms with Gasteiger partial charge in [0.15, 0.2) is 0 Å². The SMILES string of the molecule is CSCCC(C)N(C)c1nc(C)ncc1C(=N)N. The van der Waals surface area contributed by atoms with Gasteiger partial charge in [-0.2, -0.15) is 11.8 Å². The predicted molar refractivity (Wildman–Crippen MR) is 78.6 cm³/mol. The minimum Gasteiger partial charge on any atom is -0.384 e. The summed E-state index contributed by atoms with van der Waals surface area (Å²) in [7, 11) is 1.99. The molecule has 0 aliphatic rings. The zero-order valence-electron chi connectivity index (χ0n) is 11.4. The van der Waals surface area contributed by atoms with Crippen LogP contribution in [0.1, 0.15) is 24.7 Å². The lowest BCUT2D eigenvalue weighted by Crippen LogP contribution is -2.32. The number of aryl methyl sites for hydroxylation is 1. The van der Waals surface area contributed by atoms with Gasteiger partial charge < -0.3 is 10.6 Å². The molecule has 1 rings (SSSR count). The molecule has 1 heterocycles. The molecule has 0 fully saturated rings. The number of nitrogens with two attached hydrogens (primary N) is 1. The number of hydrogen-bond acceptors (Lipinski definition) is 5. The van der Waals surface area contributed by atoms with E-state index in [1.807, 2.05) is 25.7 Å². The van der Waals surface area contributed by atoms with Gasteiger partial charge in [-0.25, -0.2) is 9.97 Å². The van der Waals surface area contributed by atoms with Gasteiger partial charge in [0.1, 0.15) is 17.5 Å². The number of hydrogen-bond donors (Lipinski definition) is 2. The second-order valence-corrected chi connectivity index (χ2v) is 5.30. The maximum Gasteiger partial charge on any atom is 0.143 e. The third-order valence-electron chi connectivity index (χ3n) is 2.91. The predicted octanol–water partition coefficient (Wildman–Crippen LogP) is 1.65. The number of nitrogen functional groups attached to an aromatic ring is 1. The van der Waals surface area contributed by atoms with Crippen molar-refractivity contribution in [2.24, 2.45) is 5.73 Å². The average Bonchev–Trinajstić information content (AvgIpc) is 2.34. The van der Waals surface area contributed by atoms with Crippen LogP contribution in [-0.4, -0.2) is 40.9 Å². The lowest BCUT2D eigenvalue weighted by atomic mass is 10.2. The van der Waals surface area contributed by atoms with Crippen LogP contribution < -0.4 is 10.6 Å². The van der Waals surface area contributed by atoms with Crippen molar-refractivity contribution in [3.8, 4) is 0 Å². The molecule has 100 valence electrons. The number of aromatic nitrogens is 2. The summed E-state index contributed by atoms with van der Waals surface area (Å²) in [5, 5.41) is 7.59. The highest BCUT2D eigenvalue weighted by molar-refractivity contribution is 7.98. The summed E-state index contributed by atoms with van der Waals surface area (Å²) < 4.78 is 0. The molecule has 0 aliphatic carbocycles. The smallest absolute Gasteiger partial charge is 0.143 e. The maximum atomic E-state index is 7.59. The zero-order valence-corrected chi connectivity index (χ0v) is 12.2. The quantitative estimate of drug-likeness (QED) is 0.605. The molecule has 1 aromatic heterocycles. The Kier molecular flexibility index (Phi) is 5.40.